The van der Waals surface area contributed by atoms with Gasteiger partial charge in [0.25, 0.3) is 5.91 Å². The third-order valence-corrected chi connectivity index (χ3v) is 4.75. The van der Waals surface area contributed by atoms with Crippen LogP contribution in [0.2, 0.25) is 0 Å². The van der Waals surface area contributed by atoms with Crippen molar-refractivity contribution in [2.75, 3.05) is 6.26 Å². The Labute approximate surface area is 129 Å². The van der Waals surface area contributed by atoms with Crippen LogP contribution in [0, 0.1) is 5.92 Å². The van der Waals surface area contributed by atoms with Gasteiger partial charge in [-0.2, -0.15) is 0 Å². The average molecular weight is 307 g/mol. The van der Waals surface area contributed by atoms with Gasteiger partial charge in [-0.05, 0) is 43.4 Å². The number of hydrogen-bond acceptors (Lipinski definition) is 3. The molecule has 0 radical (unpaired) electrons. The predicted molar refractivity (Wildman–Crippen MR) is 83.7 cm³/mol. The maximum Gasteiger partial charge on any atom is 0.308 e. The van der Waals surface area contributed by atoms with Gasteiger partial charge in [0, 0.05) is 16.5 Å². The summed E-state index contributed by atoms with van der Waals surface area (Å²) in [5.74, 6) is -1.46. The van der Waals surface area contributed by atoms with E-state index in [2.05, 4.69) is 5.32 Å². The number of nitrogens with one attached hydrogen (secondary N) is 1. The lowest BCUT2D eigenvalue weighted by Gasteiger charge is -2.22. The predicted octanol–water partition coefficient (Wildman–Crippen LogP) is 3.17. The molecule has 1 saturated carbocycles. The second-order valence-corrected chi connectivity index (χ2v) is 6.27. The molecule has 1 aromatic rings. The van der Waals surface area contributed by atoms with E-state index in [1.54, 1.807) is 23.9 Å². The van der Waals surface area contributed by atoms with Crippen LogP contribution in [0.3, 0.4) is 0 Å². The second kappa shape index (κ2) is 7.50. The van der Waals surface area contributed by atoms with Crippen LogP contribution in [-0.4, -0.2) is 29.3 Å². The number of aliphatic carboxylic acids is 1. The van der Waals surface area contributed by atoms with Crippen molar-refractivity contribution >= 4 is 23.6 Å². The Morgan fingerprint density at radius 3 is 2.43 bits per heavy atom. The van der Waals surface area contributed by atoms with E-state index in [9.17, 15) is 14.7 Å². The summed E-state index contributed by atoms with van der Waals surface area (Å²) < 4.78 is 0. The molecule has 0 aromatic heterocycles. The van der Waals surface area contributed by atoms with E-state index in [1.807, 2.05) is 18.4 Å². The number of carbonyl (C=O) groups excluding carboxylic acids is 1. The van der Waals surface area contributed by atoms with Crippen LogP contribution in [0.4, 0.5) is 0 Å². The fourth-order valence-corrected chi connectivity index (χ4v) is 3.18. The van der Waals surface area contributed by atoms with Gasteiger partial charge >= 0.3 is 5.97 Å². The Kier molecular flexibility index (Phi) is 5.67. The third kappa shape index (κ3) is 4.24. The topological polar surface area (TPSA) is 66.4 Å². The lowest BCUT2D eigenvalue weighted by atomic mass is 9.94. The molecule has 2 atom stereocenters. The van der Waals surface area contributed by atoms with Crippen LogP contribution in [0.1, 0.15) is 42.5 Å². The molecular formula is C16H21NO3S. The molecule has 1 aromatic carbocycles. The van der Waals surface area contributed by atoms with Crippen LogP contribution in [0.15, 0.2) is 29.2 Å². The zero-order chi connectivity index (χ0) is 15.2. The number of carboxylic acids is 1. The molecule has 0 heterocycles. The first-order chi connectivity index (χ1) is 10.1. The number of rotatable bonds is 4. The summed E-state index contributed by atoms with van der Waals surface area (Å²) >= 11 is 1.62. The molecule has 1 aliphatic rings. The van der Waals surface area contributed by atoms with E-state index >= 15 is 0 Å². The maximum absolute atomic E-state index is 12.3. The zero-order valence-electron chi connectivity index (χ0n) is 12.2. The Bertz CT molecular complexity index is 501. The van der Waals surface area contributed by atoms with Crippen LogP contribution >= 0.6 is 11.8 Å². The second-order valence-electron chi connectivity index (χ2n) is 5.39. The Balaban J connectivity index is 2.06. The summed E-state index contributed by atoms with van der Waals surface area (Å²) in [4.78, 5) is 24.7. The average Bonchev–Trinajstić information content (AvgIpc) is 2.72. The van der Waals surface area contributed by atoms with Crippen molar-refractivity contribution in [3.63, 3.8) is 0 Å². The minimum absolute atomic E-state index is 0.180. The number of benzene rings is 1. The van der Waals surface area contributed by atoms with Gasteiger partial charge in [-0.1, -0.05) is 19.3 Å². The Hall–Kier alpha value is -1.49. The molecular weight excluding hydrogens is 286 g/mol. The van der Waals surface area contributed by atoms with E-state index in [0.29, 0.717) is 12.0 Å². The van der Waals surface area contributed by atoms with E-state index in [-0.39, 0.29) is 11.9 Å². The number of amides is 1. The van der Waals surface area contributed by atoms with Crippen LogP contribution < -0.4 is 5.32 Å². The number of carbonyl (C=O) groups is 2. The summed E-state index contributed by atoms with van der Waals surface area (Å²) in [5.41, 5.74) is 0.584. The van der Waals surface area contributed by atoms with Gasteiger partial charge in [0.2, 0.25) is 0 Å². The van der Waals surface area contributed by atoms with Gasteiger partial charge < -0.3 is 10.4 Å². The molecule has 2 rings (SSSR count). The van der Waals surface area contributed by atoms with Crippen molar-refractivity contribution in [3.05, 3.63) is 29.8 Å². The number of carboxylic acid groups (broad SMARTS) is 1. The SMILES string of the molecule is CSc1ccc(C(=O)N[C@H]2CCCCC[C@H]2C(=O)O)cc1. The monoisotopic (exact) mass is 307 g/mol. The molecule has 1 aliphatic carbocycles. The fourth-order valence-electron chi connectivity index (χ4n) is 2.77. The largest absolute Gasteiger partial charge is 0.481 e. The van der Waals surface area contributed by atoms with Gasteiger partial charge in [0.1, 0.15) is 0 Å². The highest BCUT2D eigenvalue weighted by Gasteiger charge is 2.30. The van der Waals surface area contributed by atoms with Gasteiger partial charge in [-0.3, -0.25) is 9.59 Å². The number of thioether (sulfide) groups is 1. The van der Waals surface area contributed by atoms with Gasteiger partial charge in [0.15, 0.2) is 0 Å². The summed E-state index contributed by atoms with van der Waals surface area (Å²) in [6, 6.07) is 7.11. The van der Waals surface area contributed by atoms with Gasteiger partial charge in [-0.25, -0.2) is 0 Å². The minimum Gasteiger partial charge on any atom is -0.481 e. The third-order valence-electron chi connectivity index (χ3n) is 4.00. The van der Waals surface area contributed by atoms with Crippen LogP contribution in [-0.2, 0) is 4.79 Å². The first kappa shape index (κ1) is 15.9. The highest BCUT2D eigenvalue weighted by molar-refractivity contribution is 7.98. The molecule has 21 heavy (non-hydrogen) atoms. The number of hydrogen-bond donors (Lipinski definition) is 2. The van der Waals surface area contributed by atoms with E-state index in [0.717, 1.165) is 30.6 Å². The molecule has 0 aliphatic heterocycles. The summed E-state index contributed by atoms with van der Waals surface area (Å²) in [7, 11) is 0. The first-order valence-electron chi connectivity index (χ1n) is 7.29. The fraction of sp³-hybridized carbons (Fsp3) is 0.500. The van der Waals surface area contributed by atoms with Crippen molar-refractivity contribution in [2.24, 2.45) is 5.92 Å². The Morgan fingerprint density at radius 2 is 1.81 bits per heavy atom. The standard InChI is InChI=1S/C16H21NO3S/c1-21-12-9-7-11(8-10-12)15(18)17-14-6-4-2-3-5-13(14)16(19)20/h7-10,13-14H,2-6H2,1H3,(H,17,18)(H,19,20)/t13-,14+/m1/s1. The summed E-state index contributed by atoms with van der Waals surface area (Å²) in [6.07, 6.45) is 6.31. The first-order valence-corrected chi connectivity index (χ1v) is 8.52. The molecule has 1 fully saturated rings. The molecule has 114 valence electrons. The van der Waals surface area contributed by atoms with Crippen molar-refractivity contribution in [1.29, 1.82) is 0 Å². The van der Waals surface area contributed by atoms with Crippen molar-refractivity contribution in [3.8, 4) is 0 Å². The minimum atomic E-state index is -0.806. The van der Waals surface area contributed by atoms with Crippen molar-refractivity contribution < 1.29 is 14.7 Å². The summed E-state index contributed by atoms with van der Waals surface area (Å²) in [6.45, 7) is 0. The molecule has 0 saturated heterocycles. The molecule has 4 nitrogen and oxygen atoms in total. The molecule has 2 N–H and O–H groups in total. The lowest BCUT2D eigenvalue weighted by molar-refractivity contribution is -0.142. The lowest BCUT2D eigenvalue weighted by Crippen LogP contribution is -2.42. The molecule has 1 amide bonds. The summed E-state index contributed by atoms with van der Waals surface area (Å²) in [5, 5.41) is 12.2. The van der Waals surface area contributed by atoms with Crippen LogP contribution in [0.25, 0.3) is 0 Å². The quantitative estimate of drug-likeness (QED) is 0.662. The van der Waals surface area contributed by atoms with Crippen molar-refractivity contribution in [1.82, 2.24) is 5.32 Å². The normalized spacial score (nSPS) is 22.3. The van der Waals surface area contributed by atoms with Crippen LogP contribution in [0.5, 0.6) is 0 Å². The molecule has 0 bridgehead atoms. The van der Waals surface area contributed by atoms with E-state index < -0.39 is 11.9 Å². The Morgan fingerprint density at radius 1 is 1.14 bits per heavy atom. The van der Waals surface area contributed by atoms with Gasteiger partial charge in [0.05, 0.1) is 5.92 Å². The van der Waals surface area contributed by atoms with Gasteiger partial charge in [-0.15, -0.1) is 11.8 Å². The molecule has 5 heteroatoms. The highest BCUT2D eigenvalue weighted by Crippen LogP contribution is 2.24. The van der Waals surface area contributed by atoms with E-state index in [1.165, 1.54) is 0 Å². The maximum atomic E-state index is 12.3. The molecule has 0 unspecified atom stereocenters. The zero-order valence-corrected chi connectivity index (χ0v) is 13.0. The van der Waals surface area contributed by atoms with Crippen molar-refractivity contribution in [2.45, 2.75) is 43.0 Å². The molecule has 0 spiro atoms. The highest BCUT2D eigenvalue weighted by atomic mass is 32.2. The smallest absolute Gasteiger partial charge is 0.308 e. The van der Waals surface area contributed by atoms with E-state index in [4.69, 9.17) is 0 Å².